The molecular weight excluding hydrogens is 270 g/mol. The van der Waals surface area contributed by atoms with E-state index < -0.39 is 0 Å². The van der Waals surface area contributed by atoms with E-state index in [4.69, 9.17) is 0 Å². The standard InChI is InChI=1S/C18H22O3/c1-18-9-8-11-10-4-6-15(19)17(21)13(10)3-2-12(11)14(18)5-7-16(18)20/h4,6,11-12,14,19,21H,2-3,5,7-9H2,1H3/t11-,12-,14+,18+/m1/s1/i1+1,5+1,7+1,14+1,16+1,18+1. The highest BCUT2D eigenvalue weighted by atomic mass is 16.3. The first kappa shape index (κ1) is 13.2. The van der Waals surface area contributed by atoms with E-state index >= 15 is 0 Å². The van der Waals surface area contributed by atoms with Crippen LogP contribution in [0.3, 0.4) is 0 Å². The van der Waals surface area contributed by atoms with Gasteiger partial charge in [0.2, 0.25) is 0 Å². The molecule has 112 valence electrons. The summed E-state index contributed by atoms with van der Waals surface area (Å²) in [5.74, 6) is 2.04. The first-order valence-electron chi connectivity index (χ1n) is 8.09. The van der Waals surface area contributed by atoms with E-state index in [2.05, 4.69) is 6.92 Å². The first-order chi connectivity index (χ1) is 10.0. The third-order valence-corrected chi connectivity index (χ3v) is 6.57. The van der Waals surface area contributed by atoms with Crippen LogP contribution in [0, 0.1) is 17.3 Å². The third kappa shape index (κ3) is 1.63. The van der Waals surface area contributed by atoms with Gasteiger partial charge >= 0.3 is 0 Å². The molecule has 4 atom stereocenters. The molecule has 0 radical (unpaired) electrons. The number of phenols is 2. The molecule has 2 fully saturated rings. The maximum Gasteiger partial charge on any atom is 0.160 e. The molecule has 21 heavy (non-hydrogen) atoms. The Morgan fingerprint density at radius 2 is 1.95 bits per heavy atom. The van der Waals surface area contributed by atoms with E-state index in [1.54, 1.807) is 6.07 Å². The van der Waals surface area contributed by atoms with Crippen LogP contribution in [0.1, 0.15) is 56.1 Å². The Morgan fingerprint density at radius 1 is 1.14 bits per heavy atom. The Hall–Kier alpha value is -1.51. The van der Waals surface area contributed by atoms with Crippen LogP contribution in [-0.4, -0.2) is 16.0 Å². The fourth-order valence-electron chi connectivity index (χ4n) is 5.41. The van der Waals surface area contributed by atoms with Gasteiger partial charge in [0.1, 0.15) is 5.78 Å². The molecule has 2 N–H and O–H groups in total. The van der Waals surface area contributed by atoms with Crippen LogP contribution in [0.2, 0.25) is 0 Å². The van der Waals surface area contributed by atoms with Gasteiger partial charge in [0.05, 0.1) is 0 Å². The Balaban J connectivity index is 1.75. The third-order valence-electron chi connectivity index (χ3n) is 6.57. The van der Waals surface area contributed by atoms with E-state index in [0.29, 0.717) is 23.5 Å². The lowest BCUT2D eigenvalue weighted by atomic mass is 9.72. The number of phenolic OH excluding ortho intramolecular Hbond substituents is 2. The maximum absolute atomic E-state index is 12.3. The predicted octanol–water partition coefficient (Wildman–Crippen LogP) is 3.52. The monoisotopic (exact) mass is 292 g/mol. The zero-order valence-electron chi connectivity index (χ0n) is 12.4. The van der Waals surface area contributed by atoms with Crippen molar-refractivity contribution in [1.82, 2.24) is 0 Å². The number of aromatic hydroxyl groups is 2. The number of fused-ring (bicyclic) bond motifs is 5. The smallest absolute Gasteiger partial charge is 0.160 e. The molecule has 2 saturated carbocycles. The number of rotatable bonds is 0. The van der Waals surface area contributed by atoms with E-state index in [9.17, 15) is 15.0 Å². The van der Waals surface area contributed by atoms with Gasteiger partial charge < -0.3 is 10.2 Å². The minimum atomic E-state index is -0.0996. The quantitative estimate of drug-likeness (QED) is 0.568. The second-order valence-electron chi connectivity index (χ2n) is 7.33. The SMILES string of the molecule is [13CH3][13C@]12CC[C@@H]3c4ccc(O)c(O)c4CC[C@H]3[13C@@H]1[13CH2][13CH2][13C]2=O. The summed E-state index contributed by atoms with van der Waals surface area (Å²) in [6.45, 7) is 2.17. The molecule has 0 bridgehead atoms. The average Bonchev–Trinajstić information content (AvgIpc) is 2.78. The van der Waals surface area contributed by atoms with Crippen LogP contribution < -0.4 is 0 Å². The summed E-state index contributed by atoms with van der Waals surface area (Å²) in [6.07, 6.45) is 5.63. The van der Waals surface area contributed by atoms with Crippen LogP contribution in [0.4, 0.5) is 0 Å². The number of carbonyl (C=O) groups is 1. The van der Waals surface area contributed by atoms with Crippen molar-refractivity contribution >= 4 is 5.78 Å². The molecule has 0 saturated heterocycles. The summed E-state index contributed by atoms with van der Waals surface area (Å²) in [5, 5.41) is 19.8. The molecule has 3 heteroatoms. The van der Waals surface area contributed by atoms with Crippen molar-refractivity contribution in [2.45, 2.75) is 51.4 Å². The molecule has 0 unspecified atom stereocenters. The number of ketones is 1. The molecule has 0 heterocycles. The van der Waals surface area contributed by atoms with E-state index in [1.165, 1.54) is 5.56 Å². The second-order valence-corrected chi connectivity index (χ2v) is 7.33. The largest absolute Gasteiger partial charge is 0.504 e. The van der Waals surface area contributed by atoms with Crippen molar-refractivity contribution in [3.05, 3.63) is 23.3 Å². The Labute approximate surface area is 125 Å². The molecule has 4 rings (SSSR count). The topological polar surface area (TPSA) is 57.5 Å². The van der Waals surface area contributed by atoms with Crippen LogP contribution >= 0.6 is 0 Å². The molecule has 0 amide bonds. The van der Waals surface area contributed by atoms with Crippen molar-refractivity contribution in [1.29, 1.82) is 0 Å². The molecule has 0 aromatic heterocycles. The van der Waals surface area contributed by atoms with Crippen molar-refractivity contribution < 1.29 is 15.0 Å². The van der Waals surface area contributed by atoms with Gasteiger partial charge in [-0.2, -0.15) is 0 Å². The number of hydrogen-bond acceptors (Lipinski definition) is 3. The highest BCUT2D eigenvalue weighted by Gasteiger charge is 2.54. The highest BCUT2D eigenvalue weighted by molar-refractivity contribution is 5.87. The predicted molar refractivity (Wildman–Crippen MR) is 79.4 cm³/mol. The summed E-state index contributed by atoms with van der Waals surface area (Å²) in [7, 11) is 0. The van der Waals surface area contributed by atoms with Crippen LogP contribution in [0.15, 0.2) is 12.1 Å². The van der Waals surface area contributed by atoms with Crippen LogP contribution in [0.5, 0.6) is 11.5 Å². The van der Waals surface area contributed by atoms with Gasteiger partial charge in [-0.3, -0.25) is 4.79 Å². The lowest BCUT2D eigenvalue weighted by Crippen LogP contribution is -2.42. The zero-order chi connectivity index (χ0) is 14.8. The number of benzene rings is 1. The van der Waals surface area contributed by atoms with E-state index in [0.717, 1.165) is 44.1 Å². The van der Waals surface area contributed by atoms with Gasteiger partial charge in [-0.1, -0.05) is 13.0 Å². The minimum Gasteiger partial charge on any atom is -0.504 e. The summed E-state index contributed by atoms with van der Waals surface area (Å²) >= 11 is 0. The lowest BCUT2D eigenvalue weighted by molar-refractivity contribution is -0.129. The zero-order valence-corrected chi connectivity index (χ0v) is 12.4. The number of hydrogen-bond donors (Lipinski definition) is 2. The Morgan fingerprint density at radius 3 is 2.76 bits per heavy atom. The van der Waals surface area contributed by atoms with Crippen molar-refractivity contribution in [2.75, 3.05) is 0 Å². The Bertz CT molecular complexity index is 621. The lowest BCUT2D eigenvalue weighted by Gasteiger charge is -2.48. The molecule has 0 spiro atoms. The number of carbonyl (C=O) groups excluding carboxylic acids is 1. The summed E-state index contributed by atoms with van der Waals surface area (Å²) in [6, 6.07) is 3.60. The normalized spacial score (nSPS) is 37.8. The Kier molecular flexibility index (Phi) is 2.66. The van der Waals surface area contributed by atoms with Crippen molar-refractivity contribution in [3.63, 3.8) is 0 Å². The number of Topliss-reactive ketones (excluding diaryl/α,β-unsaturated/α-hetero) is 1. The molecular formula is C18H22O3. The van der Waals surface area contributed by atoms with Gasteiger partial charge in [0, 0.05) is 17.4 Å². The van der Waals surface area contributed by atoms with Crippen LogP contribution in [0.25, 0.3) is 0 Å². The second kappa shape index (κ2) is 4.25. The van der Waals surface area contributed by atoms with Gasteiger partial charge in [0.15, 0.2) is 11.5 Å². The van der Waals surface area contributed by atoms with Gasteiger partial charge in [-0.25, -0.2) is 0 Å². The summed E-state index contributed by atoms with van der Waals surface area (Å²) in [5.41, 5.74) is 2.05. The van der Waals surface area contributed by atoms with Crippen LogP contribution in [-0.2, 0) is 11.2 Å². The van der Waals surface area contributed by atoms with E-state index in [1.807, 2.05) is 6.07 Å². The molecule has 1 aromatic rings. The average molecular weight is 292 g/mol. The van der Waals surface area contributed by atoms with Crippen molar-refractivity contribution in [3.8, 4) is 11.5 Å². The molecule has 3 nitrogen and oxygen atoms in total. The summed E-state index contributed by atoms with van der Waals surface area (Å²) < 4.78 is 0. The maximum atomic E-state index is 12.3. The van der Waals surface area contributed by atoms with Crippen molar-refractivity contribution in [2.24, 2.45) is 17.3 Å². The molecule has 3 aliphatic carbocycles. The van der Waals surface area contributed by atoms with Gasteiger partial charge in [-0.15, -0.1) is 0 Å². The highest BCUT2D eigenvalue weighted by Crippen LogP contribution is 2.60. The van der Waals surface area contributed by atoms with E-state index in [-0.39, 0.29) is 16.9 Å². The summed E-state index contributed by atoms with van der Waals surface area (Å²) in [4.78, 5) is 12.3. The molecule has 0 aliphatic heterocycles. The minimum absolute atomic E-state index is 0.0103. The van der Waals surface area contributed by atoms with Gasteiger partial charge in [0.25, 0.3) is 0 Å². The first-order valence-corrected chi connectivity index (χ1v) is 8.09. The fraction of sp³-hybridized carbons (Fsp3) is 0.611. The fourth-order valence-corrected chi connectivity index (χ4v) is 5.41. The molecule has 3 aliphatic rings. The van der Waals surface area contributed by atoms with Gasteiger partial charge in [-0.05, 0) is 61.5 Å². The molecule has 1 aromatic carbocycles.